The molecule has 5 rings (SSSR count). The number of sulfone groups is 1. The summed E-state index contributed by atoms with van der Waals surface area (Å²) in [5.41, 5.74) is 5.25. The molecule has 1 aromatic carbocycles. The van der Waals surface area contributed by atoms with Crippen LogP contribution in [0.1, 0.15) is 30.1 Å². The number of fused-ring (bicyclic) bond motifs is 3. The summed E-state index contributed by atoms with van der Waals surface area (Å²) in [6.07, 6.45) is 4.90. The zero-order chi connectivity index (χ0) is 22.5. The van der Waals surface area contributed by atoms with Crippen molar-refractivity contribution in [2.24, 2.45) is 13.0 Å². The molecule has 9 heteroatoms. The molecular weight excluding hydrogens is 492 g/mol. The van der Waals surface area contributed by atoms with Crippen molar-refractivity contribution in [3.63, 3.8) is 0 Å². The quantitative estimate of drug-likeness (QED) is 0.396. The van der Waals surface area contributed by atoms with Gasteiger partial charge in [-0.05, 0) is 46.3 Å². The van der Waals surface area contributed by atoms with Crippen molar-refractivity contribution in [2.75, 3.05) is 19.5 Å². The highest BCUT2D eigenvalue weighted by molar-refractivity contribution is 9.10. The fourth-order valence-corrected chi connectivity index (χ4v) is 5.96. The Morgan fingerprint density at radius 1 is 1.19 bits per heavy atom. The van der Waals surface area contributed by atoms with Crippen molar-refractivity contribution < 1.29 is 13.2 Å². The Labute approximate surface area is 195 Å². The molecule has 0 saturated carbocycles. The van der Waals surface area contributed by atoms with Gasteiger partial charge in [-0.2, -0.15) is 5.10 Å². The zero-order valence-corrected chi connectivity index (χ0v) is 20.4. The van der Waals surface area contributed by atoms with Crippen LogP contribution in [-0.4, -0.2) is 47.2 Å². The molecule has 1 unspecified atom stereocenters. The first-order chi connectivity index (χ1) is 15.3. The number of rotatable bonds is 5. The molecule has 0 bridgehead atoms. The van der Waals surface area contributed by atoms with E-state index in [1.807, 2.05) is 13.1 Å². The Hall–Kier alpha value is -2.23. The molecule has 1 aliphatic heterocycles. The zero-order valence-electron chi connectivity index (χ0n) is 18.0. The first kappa shape index (κ1) is 21.6. The van der Waals surface area contributed by atoms with E-state index >= 15 is 0 Å². The van der Waals surface area contributed by atoms with Crippen LogP contribution in [0.3, 0.4) is 0 Å². The molecular formula is C23H25BrN4O3S. The number of nitrogens with zero attached hydrogens (tertiary/aromatic N) is 4. The third-order valence-corrected chi connectivity index (χ3v) is 7.41. The molecule has 7 nitrogen and oxygen atoms in total. The minimum Gasteiger partial charge on any atom is -0.381 e. The van der Waals surface area contributed by atoms with E-state index in [1.165, 1.54) is 11.8 Å². The van der Waals surface area contributed by atoms with Gasteiger partial charge in [0, 0.05) is 37.2 Å². The van der Waals surface area contributed by atoms with Crippen LogP contribution in [0.4, 0.5) is 0 Å². The highest BCUT2D eigenvalue weighted by atomic mass is 79.9. The minimum atomic E-state index is -3.27. The molecule has 0 radical (unpaired) electrons. The fraction of sp³-hybridized carbons (Fsp3) is 0.391. The number of halogens is 1. The van der Waals surface area contributed by atoms with Gasteiger partial charge in [0.25, 0.3) is 0 Å². The van der Waals surface area contributed by atoms with Gasteiger partial charge in [-0.1, -0.05) is 30.3 Å². The number of hydrogen-bond donors (Lipinski definition) is 0. The first-order valence-electron chi connectivity index (χ1n) is 10.6. The molecule has 4 heterocycles. The third kappa shape index (κ3) is 3.86. The van der Waals surface area contributed by atoms with Crippen LogP contribution < -0.4 is 0 Å². The van der Waals surface area contributed by atoms with Crippen LogP contribution >= 0.6 is 15.9 Å². The van der Waals surface area contributed by atoms with E-state index in [2.05, 4.69) is 55.9 Å². The van der Waals surface area contributed by atoms with Crippen molar-refractivity contribution in [2.45, 2.75) is 24.6 Å². The summed E-state index contributed by atoms with van der Waals surface area (Å²) in [4.78, 5) is 4.72. The minimum absolute atomic E-state index is 0.0127. The Balaban J connectivity index is 1.87. The summed E-state index contributed by atoms with van der Waals surface area (Å²) in [5, 5.41) is 4.63. The molecule has 1 atom stereocenters. The van der Waals surface area contributed by atoms with E-state index in [0.29, 0.717) is 11.6 Å². The maximum absolute atomic E-state index is 12.3. The van der Waals surface area contributed by atoms with E-state index < -0.39 is 9.84 Å². The van der Waals surface area contributed by atoms with Crippen LogP contribution in [0.2, 0.25) is 0 Å². The lowest BCUT2D eigenvalue weighted by Gasteiger charge is -2.33. The van der Waals surface area contributed by atoms with Crippen molar-refractivity contribution >= 4 is 47.8 Å². The van der Waals surface area contributed by atoms with Crippen molar-refractivity contribution in [1.29, 1.82) is 0 Å². The van der Waals surface area contributed by atoms with Crippen LogP contribution in [0.5, 0.6) is 0 Å². The number of hydrogen-bond acceptors (Lipinski definition) is 5. The van der Waals surface area contributed by atoms with Crippen LogP contribution in [-0.2, 0) is 27.4 Å². The molecule has 4 aromatic rings. The topological polar surface area (TPSA) is 79.0 Å². The third-order valence-electron chi connectivity index (χ3n) is 6.18. The van der Waals surface area contributed by atoms with Crippen molar-refractivity contribution in [1.82, 2.24) is 19.3 Å². The molecule has 1 fully saturated rings. The average molecular weight is 517 g/mol. The lowest BCUT2D eigenvalue weighted by atomic mass is 9.86. The Morgan fingerprint density at radius 2 is 1.91 bits per heavy atom. The maximum atomic E-state index is 12.3. The van der Waals surface area contributed by atoms with Gasteiger partial charge in [0.05, 0.1) is 22.8 Å². The van der Waals surface area contributed by atoms with Crippen molar-refractivity contribution in [3.05, 3.63) is 58.3 Å². The largest absolute Gasteiger partial charge is 0.381 e. The highest BCUT2D eigenvalue weighted by Crippen LogP contribution is 2.41. The fourth-order valence-electron chi connectivity index (χ4n) is 4.95. The Morgan fingerprint density at radius 3 is 2.59 bits per heavy atom. The van der Waals surface area contributed by atoms with E-state index in [1.54, 1.807) is 10.9 Å². The van der Waals surface area contributed by atoms with Crippen LogP contribution in [0, 0.1) is 5.92 Å². The molecule has 0 N–H and O–H groups in total. The van der Waals surface area contributed by atoms with E-state index in [0.717, 1.165) is 52.6 Å². The second-order valence-electron chi connectivity index (χ2n) is 8.53. The van der Waals surface area contributed by atoms with E-state index in [-0.39, 0.29) is 11.8 Å². The average Bonchev–Trinajstić information content (AvgIpc) is 3.24. The second kappa shape index (κ2) is 8.28. The lowest BCUT2D eigenvalue weighted by molar-refractivity contribution is 0.0552. The second-order valence-corrected chi connectivity index (χ2v) is 11.6. The van der Waals surface area contributed by atoms with Gasteiger partial charge in [0.1, 0.15) is 16.7 Å². The summed E-state index contributed by atoms with van der Waals surface area (Å²) < 4.78 is 35.1. The monoisotopic (exact) mass is 516 g/mol. The van der Waals surface area contributed by atoms with Gasteiger partial charge in [0.15, 0.2) is 9.84 Å². The molecule has 32 heavy (non-hydrogen) atoms. The SMILES string of the molecule is Cn1nc(CS(C)(=O)=O)c2c1c1ncc(Br)cc1n2C(c1ccccc1)C1CCOCC1. The smallest absolute Gasteiger partial charge is 0.153 e. The molecule has 1 saturated heterocycles. The van der Waals surface area contributed by atoms with Crippen molar-refractivity contribution in [3.8, 4) is 0 Å². The van der Waals surface area contributed by atoms with Crippen LogP contribution in [0.15, 0.2) is 47.1 Å². The molecule has 0 amide bonds. The van der Waals surface area contributed by atoms with Gasteiger partial charge in [-0.25, -0.2) is 8.42 Å². The van der Waals surface area contributed by atoms with Gasteiger partial charge < -0.3 is 9.30 Å². The molecule has 0 spiro atoms. The first-order valence-corrected chi connectivity index (χ1v) is 13.5. The lowest BCUT2D eigenvalue weighted by Crippen LogP contribution is -2.27. The molecule has 1 aliphatic rings. The van der Waals surface area contributed by atoms with Gasteiger partial charge in [-0.3, -0.25) is 9.67 Å². The number of aromatic nitrogens is 4. The standard InChI is InChI=1S/C23H25BrN4O3S/c1-27-23-20-19(12-17(24)13-25-20)28(22(23)18(26-27)14-32(2,29)30)21(15-6-4-3-5-7-15)16-8-10-31-11-9-16/h3-7,12-13,16,21H,8-11,14H2,1-2H3. The summed E-state index contributed by atoms with van der Waals surface area (Å²) in [6.45, 7) is 1.45. The van der Waals surface area contributed by atoms with Gasteiger partial charge >= 0.3 is 0 Å². The molecule has 3 aromatic heterocycles. The Bertz CT molecular complexity index is 1390. The van der Waals surface area contributed by atoms with Gasteiger partial charge in [0.2, 0.25) is 0 Å². The predicted molar refractivity (Wildman–Crippen MR) is 128 cm³/mol. The molecule has 0 aliphatic carbocycles. The highest BCUT2D eigenvalue weighted by Gasteiger charge is 2.32. The van der Waals surface area contributed by atoms with Crippen LogP contribution in [0.25, 0.3) is 22.1 Å². The maximum Gasteiger partial charge on any atom is 0.153 e. The number of pyridine rings is 1. The number of ether oxygens (including phenoxy) is 1. The normalized spacial score (nSPS) is 16.7. The predicted octanol–water partition coefficient (Wildman–Crippen LogP) is 4.25. The summed E-state index contributed by atoms with van der Waals surface area (Å²) in [5.74, 6) is 0.229. The summed E-state index contributed by atoms with van der Waals surface area (Å²) in [6, 6.07) is 12.5. The number of aryl methyl sites for hydroxylation is 1. The summed E-state index contributed by atoms with van der Waals surface area (Å²) >= 11 is 3.59. The Kier molecular flexibility index (Phi) is 5.59. The summed E-state index contributed by atoms with van der Waals surface area (Å²) in [7, 11) is -1.42. The van der Waals surface area contributed by atoms with E-state index in [9.17, 15) is 8.42 Å². The number of benzene rings is 1. The van der Waals surface area contributed by atoms with E-state index in [4.69, 9.17) is 9.72 Å². The van der Waals surface area contributed by atoms with Gasteiger partial charge in [-0.15, -0.1) is 0 Å². The molecule has 168 valence electrons.